The van der Waals surface area contributed by atoms with E-state index in [-0.39, 0.29) is 6.03 Å². The molecule has 1 aromatic rings. The van der Waals surface area contributed by atoms with Gasteiger partial charge >= 0.3 is 6.03 Å². The molecule has 3 N–H and O–H groups in total. The number of amides is 2. The Kier molecular flexibility index (Phi) is 3.87. The van der Waals surface area contributed by atoms with Gasteiger partial charge in [-0.3, -0.25) is 4.98 Å². The van der Waals surface area contributed by atoms with E-state index in [9.17, 15) is 4.79 Å². The molecule has 0 bridgehead atoms. The van der Waals surface area contributed by atoms with E-state index in [2.05, 4.69) is 10.3 Å². The fraction of sp³-hybridized carbons (Fsp3) is 0.333. The van der Waals surface area contributed by atoms with Crippen LogP contribution in [0.4, 0.5) is 10.5 Å². The van der Waals surface area contributed by atoms with E-state index in [4.69, 9.17) is 5.73 Å². The number of hydrogen-bond donors (Lipinski definition) is 2. The van der Waals surface area contributed by atoms with E-state index in [1.165, 1.54) is 4.90 Å². The van der Waals surface area contributed by atoms with Crippen LogP contribution in [-0.4, -0.2) is 36.1 Å². The average molecular weight is 194 g/mol. The molecule has 1 aromatic heterocycles. The summed E-state index contributed by atoms with van der Waals surface area (Å²) in [7, 11) is 1.69. The molecule has 5 nitrogen and oxygen atoms in total. The van der Waals surface area contributed by atoms with E-state index in [1.807, 2.05) is 0 Å². The Balaban J connectivity index is 2.49. The lowest BCUT2D eigenvalue weighted by atomic mass is 10.4. The molecule has 0 spiro atoms. The van der Waals surface area contributed by atoms with Crippen LogP contribution in [-0.2, 0) is 0 Å². The third-order valence-corrected chi connectivity index (χ3v) is 1.72. The van der Waals surface area contributed by atoms with Crippen molar-refractivity contribution in [1.82, 2.24) is 9.88 Å². The fourth-order valence-corrected chi connectivity index (χ4v) is 0.951. The standard InChI is InChI=1S/C9H14N4O/c1-13(6-4-10)9(14)12-8-3-2-5-11-7-8/h2-3,5,7H,4,6,10H2,1H3,(H,12,14). The summed E-state index contributed by atoms with van der Waals surface area (Å²) in [5.41, 5.74) is 6.01. The molecule has 0 aliphatic carbocycles. The number of nitrogens with one attached hydrogen (secondary N) is 1. The van der Waals surface area contributed by atoms with Crippen LogP contribution >= 0.6 is 0 Å². The third kappa shape index (κ3) is 3.02. The zero-order valence-corrected chi connectivity index (χ0v) is 8.10. The number of aromatic nitrogens is 1. The lowest BCUT2D eigenvalue weighted by Gasteiger charge is -2.16. The van der Waals surface area contributed by atoms with E-state index in [0.717, 1.165) is 0 Å². The molecule has 2 amide bonds. The minimum atomic E-state index is -0.177. The van der Waals surface area contributed by atoms with Crippen molar-refractivity contribution in [2.75, 3.05) is 25.5 Å². The maximum absolute atomic E-state index is 11.4. The maximum Gasteiger partial charge on any atom is 0.321 e. The van der Waals surface area contributed by atoms with Crippen LogP contribution in [0.25, 0.3) is 0 Å². The van der Waals surface area contributed by atoms with Gasteiger partial charge in [-0.1, -0.05) is 0 Å². The number of hydrogen-bond acceptors (Lipinski definition) is 3. The summed E-state index contributed by atoms with van der Waals surface area (Å²) in [5.74, 6) is 0. The Hall–Kier alpha value is -1.62. The second-order valence-corrected chi connectivity index (χ2v) is 2.88. The van der Waals surface area contributed by atoms with Gasteiger partial charge in [-0.15, -0.1) is 0 Å². The number of pyridine rings is 1. The zero-order valence-electron chi connectivity index (χ0n) is 8.10. The zero-order chi connectivity index (χ0) is 10.4. The lowest BCUT2D eigenvalue weighted by Crippen LogP contribution is -2.35. The Morgan fingerprint density at radius 1 is 1.71 bits per heavy atom. The summed E-state index contributed by atoms with van der Waals surface area (Å²) < 4.78 is 0. The minimum Gasteiger partial charge on any atom is -0.329 e. The normalized spacial score (nSPS) is 9.57. The smallest absolute Gasteiger partial charge is 0.321 e. The van der Waals surface area contributed by atoms with Crippen LogP contribution in [0.3, 0.4) is 0 Å². The van der Waals surface area contributed by atoms with Gasteiger partial charge in [0.05, 0.1) is 11.9 Å². The molecule has 0 fully saturated rings. The highest BCUT2D eigenvalue weighted by atomic mass is 16.2. The van der Waals surface area contributed by atoms with Crippen molar-refractivity contribution in [3.8, 4) is 0 Å². The number of carbonyl (C=O) groups excluding carboxylic acids is 1. The summed E-state index contributed by atoms with van der Waals surface area (Å²) in [6, 6.07) is 3.36. The number of anilines is 1. The van der Waals surface area contributed by atoms with E-state index < -0.39 is 0 Å². The van der Waals surface area contributed by atoms with Crippen molar-refractivity contribution in [3.05, 3.63) is 24.5 Å². The largest absolute Gasteiger partial charge is 0.329 e. The van der Waals surface area contributed by atoms with Gasteiger partial charge in [0.2, 0.25) is 0 Å². The maximum atomic E-state index is 11.4. The van der Waals surface area contributed by atoms with Gasteiger partial charge < -0.3 is 16.0 Å². The quantitative estimate of drug-likeness (QED) is 0.736. The summed E-state index contributed by atoms with van der Waals surface area (Å²) in [5, 5.41) is 2.70. The van der Waals surface area contributed by atoms with Gasteiger partial charge in [0.15, 0.2) is 0 Å². The highest BCUT2D eigenvalue weighted by Crippen LogP contribution is 2.03. The molecule has 0 aromatic carbocycles. The molecule has 0 radical (unpaired) electrons. The Morgan fingerprint density at radius 3 is 3.07 bits per heavy atom. The third-order valence-electron chi connectivity index (χ3n) is 1.72. The van der Waals surface area contributed by atoms with E-state index >= 15 is 0 Å². The molecule has 76 valence electrons. The summed E-state index contributed by atoms with van der Waals surface area (Å²) in [4.78, 5) is 16.8. The molecule has 0 unspecified atom stereocenters. The Morgan fingerprint density at radius 2 is 2.50 bits per heavy atom. The predicted molar refractivity (Wildman–Crippen MR) is 54.9 cm³/mol. The van der Waals surface area contributed by atoms with Crippen LogP contribution < -0.4 is 11.1 Å². The fourth-order valence-electron chi connectivity index (χ4n) is 0.951. The SMILES string of the molecule is CN(CCN)C(=O)Nc1cccnc1. The van der Waals surface area contributed by atoms with E-state index in [0.29, 0.717) is 18.8 Å². The Bertz CT molecular complexity index is 288. The summed E-state index contributed by atoms with van der Waals surface area (Å²) in [6.07, 6.45) is 3.24. The number of urea groups is 1. The predicted octanol–water partition coefficient (Wildman–Crippen LogP) is 0.504. The first kappa shape index (κ1) is 10.5. The summed E-state index contributed by atoms with van der Waals surface area (Å²) >= 11 is 0. The highest BCUT2D eigenvalue weighted by Gasteiger charge is 2.06. The van der Waals surface area contributed by atoms with Crippen LogP contribution in [0, 0.1) is 0 Å². The molecule has 0 saturated carbocycles. The molecule has 14 heavy (non-hydrogen) atoms. The lowest BCUT2D eigenvalue weighted by molar-refractivity contribution is 0.223. The van der Waals surface area contributed by atoms with Crippen molar-refractivity contribution >= 4 is 11.7 Å². The van der Waals surface area contributed by atoms with Gasteiger partial charge in [-0.25, -0.2) is 4.79 Å². The Labute approximate surface area is 82.9 Å². The van der Waals surface area contributed by atoms with Crippen molar-refractivity contribution in [2.45, 2.75) is 0 Å². The number of nitrogens with zero attached hydrogens (tertiary/aromatic N) is 2. The van der Waals surface area contributed by atoms with Gasteiger partial charge in [0.1, 0.15) is 0 Å². The molecule has 1 heterocycles. The van der Waals surface area contributed by atoms with Crippen LogP contribution in [0.15, 0.2) is 24.5 Å². The first-order chi connectivity index (χ1) is 6.74. The number of nitrogens with two attached hydrogens (primary N) is 1. The molecule has 0 atom stereocenters. The average Bonchev–Trinajstić information content (AvgIpc) is 2.19. The number of likely N-dealkylation sites (N-methyl/N-ethyl adjacent to an activating group) is 1. The first-order valence-electron chi connectivity index (χ1n) is 4.36. The minimum absolute atomic E-state index is 0.177. The van der Waals surface area contributed by atoms with E-state index in [1.54, 1.807) is 31.6 Å². The van der Waals surface area contributed by atoms with Crippen LogP contribution in [0.1, 0.15) is 0 Å². The molecular formula is C9H14N4O. The van der Waals surface area contributed by atoms with Gasteiger partial charge in [-0.05, 0) is 12.1 Å². The van der Waals surface area contributed by atoms with Crippen molar-refractivity contribution < 1.29 is 4.79 Å². The van der Waals surface area contributed by atoms with Gasteiger partial charge in [0, 0.05) is 26.3 Å². The molecule has 0 aliphatic heterocycles. The molecule has 0 saturated heterocycles. The van der Waals surface area contributed by atoms with Crippen LogP contribution in [0.2, 0.25) is 0 Å². The second-order valence-electron chi connectivity index (χ2n) is 2.88. The number of rotatable bonds is 3. The summed E-state index contributed by atoms with van der Waals surface area (Å²) in [6.45, 7) is 0.989. The monoisotopic (exact) mass is 194 g/mol. The molecular weight excluding hydrogens is 180 g/mol. The van der Waals surface area contributed by atoms with Crippen molar-refractivity contribution in [3.63, 3.8) is 0 Å². The molecule has 1 rings (SSSR count). The topological polar surface area (TPSA) is 71.2 Å². The van der Waals surface area contributed by atoms with Crippen molar-refractivity contribution in [2.24, 2.45) is 5.73 Å². The molecule has 5 heteroatoms. The van der Waals surface area contributed by atoms with Gasteiger partial charge in [0.25, 0.3) is 0 Å². The first-order valence-corrected chi connectivity index (χ1v) is 4.36. The second kappa shape index (κ2) is 5.18. The number of carbonyl (C=O) groups is 1. The highest BCUT2D eigenvalue weighted by molar-refractivity contribution is 5.88. The molecule has 0 aliphatic rings. The van der Waals surface area contributed by atoms with Crippen LogP contribution in [0.5, 0.6) is 0 Å². The van der Waals surface area contributed by atoms with Crippen molar-refractivity contribution in [1.29, 1.82) is 0 Å². The van der Waals surface area contributed by atoms with Gasteiger partial charge in [-0.2, -0.15) is 0 Å².